The van der Waals surface area contributed by atoms with Gasteiger partial charge in [-0.1, -0.05) is 53.7 Å². The predicted octanol–water partition coefficient (Wildman–Crippen LogP) is 5.25. The van der Waals surface area contributed by atoms with Crippen LogP contribution in [0.2, 0.25) is 18.1 Å². The Bertz CT molecular complexity index is 326. The summed E-state index contributed by atoms with van der Waals surface area (Å²) in [5, 5.41) is 0.299. The van der Waals surface area contributed by atoms with E-state index in [2.05, 4.69) is 61.2 Å². The summed E-state index contributed by atoms with van der Waals surface area (Å²) >= 11 is 0. The van der Waals surface area contributed by atoms with E-state index in [-0.39, 0.29) is 5.41 Å². The molecule has 2 unspecified atom stereocenters. The Morgan fingerprint density at radius 3 is 2.17 bits per heavy atom. The van der Waals surface area contributed by atoms with Crippen LogP contribution in [0.25, 0.3) is 0 Å². The topological polar surface area (TPSA) is 9.23 Å². The van der Waals surface area contributed by atoms with Gasteiger partial charge in [0.1, 0.15) is 0 Å². The summed E-state index contributed by atoms with van der Waals surface area (Å²) in [4.78, 5) is 0. The molecule has 1 saturated carbocycles. The molecule has 0 aromatic heterocycles. The van der Waals surface area contributed by atoms with Crippen LogP contribution in [0, 0.1) is 17.3 Å². The largest absolute Gasteiger partial charge is 0.416 e. The molecule has 0 heterocycles. The van der Waals surface area contributed by atoms with Crippen molar-refractivity contribution in [3.8, 4) is 0 Å². The molecule has 1 nitrogen and oxygen atoms in total. The highest BCUT2D eigenvalue weighted by atomic mass is 28.4. The molecule has 0 spiro atoms. The molecule has 1 aliphatic rings. The summed E-state index contributed by atoms with van der Waals surface area (Å²) in [6.45, 7) is 23.8. The number of allylic oxidation sites excluding steroid dienone is 1. The average molecular weight is 269 g/mol. The van der Waals surface area contributed by atoms with Gasteiger partial charge >= 0.3 is 0 Å². The molecule has 2 heteroatoms. The maximum atomic E-state index is 6.45. The van der Waals surface area contributed by atoms with Gasteiger partial charge in [0.15, 0.2) is 8.32 Å². The van der Waals surface area contributed by atoms with E-state index in [9.17, 15) is 0 Å². The van der Waals surface area contributed by atoms with Crippen LogP contribution in [0.4, 0.5) is 0 Å². The first-order valence-corrected chi connectivity index (χ1v) is 10.1. The third kappa shape index (κ3) is 2.90. The second-order valence-electron chi connectivity index (χ2n) is 8.12. The molecule has 1 aliphatic carbocycles. The molecule has 18 heavy (non-hydrogen) atoms. The SMILES string of the molecule is C=C1C[C@@](C)(CO[Si](C)(C)C(C)(C)C)C(C)C1C. The highest BCUT2D eigenvalue weighted by Gasteiger charge is 2.45. The van der Waals surface area contributed by atoms with Crippen molar-refractivity contribution in [1.82, 2.24) is 0 Å². The number of rotatable bonds is 3. The number of hydrogen-bond acceptors (Lipinski definition) is 1. The molecule has 106 valence electrons. The van der Waals surface area contributed by atoms with Crippen LogP contribution in [0.5, 0.6) is 0 Å². The van der Waals surface area contributed by atoms with Crippen LogP contribution in [0.1, 0.15) is 48.0 Å². The summed E-state index contributed by atoms with van der Waals surface area (Å²) < 4.78 is 6.45. The number of hydrogen-bond donors (Lipinski definition) is 0. The van der Waals surface area contributed by atoms with Gasteiger partial charge in [0.05, 0.1) is 0 Å². The molecule has 0 saturated heterocycles. The molecule has 0 aromatic carbocycles. The van der Waals surface area contributed by atoms with E-state index in [1.54, 1.807) is 0 Å². The molecule has 1 fully saturated rings. The molecular formula is C16H32OSi. The molecular weight excluding hydrogens is 236 g/mol. The van der Waals surface area contributed by atoms with Gasteiger partial charge in [-0.15, -0.1) is 0 Å². The van der Waals surface area contributed by atoms with E-state index in [0.29, 0.717) is 16.9 Å². The van der Waals surface area contributed by atoms with E-state index in [0.717, 1.165) is 13.0 Å². The van der Waals surface area contributed by atoms with Crippen LogP contribution in [0.3, 0.4) is 0 Å². The van der Waals surface area contributed by atoms with Gasteiger partial charge in [0, 0.05) is 6.61 Å². The van der Waals surface area contributed by atoms with Crippen molar-refractivity contribution in [2.24, 2.45) is 17.3 Å². The van der Waals surface area contributed by atoms with Crippen LogP contribution < -0.4 is 0 Å². The molecule has 0 aromatic rings. The van der Waals surface area contributed by atoms with Gasteiger partial charge in [-0.25, -0.2) is 0 Å². The zero-order chi connectivity index (χ0) is 14.4. The van der Waals surface area contributed by atoms with E-state index in [1.165, 1.54) is 5.57 Å². The first-order valence-electron chi connectivity index (χ1n) is 7.22. The molecule has 0 N–H and O–H groups in total. The maximum Gasteiger partial charge on any atom is 0.192 e. The van der Waals surface area contributed by atoms with E-state index in [1.807, 2.05) is 0 Å². The lowest BCUT2D eigenvalue weighted by Gasteiger charge is -2.40. The highest BCUT2D eigenvalue weighted by Crippen LogP contribution is 2.50. The van der Waals surface area contributed by atoms with Crippen LogP contribution in [-0.2, 0) is 4.43 Å². The van der Waals surface area contributed by atoms with Gasteiger partial charge < -0.3 is 4.43 Å². The van der Waals surface area contributed by atoms with Gasteiger partial charge in [-0.05, 0) is 41.8 Å². The quantitative estimate of drug-likeness (QED) is 0.502. The molecule has 0 radical (unpaired) electrons. The predicted molar refractivity (Wildman–Crippen MR) is 83.3 cm³/mol. The zero-order valence-corrected chi connectivity index (χ0v) is 14.7. The Morgan fingerprint density at radius 1 is 1.33 bits per heavy atom. The summed E-state index contributed by atoms with van der Waals surface area (Å²) in [7, 11) is -1.62. The first-order chi connectivity index (χ1) is 7.91. The van der Waals surface area contributed by atoms with Crippen molar-refractivity contribution in [2.75, 3.05) is 6.61 Å². The molecule has 1 rings (SSSR count). The van der Waals surface area contributed by atoms with E-state index >= 15 is 0 Å². The van der Waals surface area contributed by atoms with Gasteiger partial charge in [-0.2, -0.15) is 0 Å². The molecule has 3 atom stereocenters. The third-order valence-electron chi connectivity index (χ3n) is 5.69. The van der Waals surface area contributed by atoms with Crippen LogP contribution in [-0.4, -0.2) is 14.9 Å². The lowest BCUT2D eigenvalue weighted by atomic mass is 9.79. The molecule has 0 bridgehead atoms. The summed E-state index contributed by atoms with van der Waals surface area (Å²) in [5.41, 5.74) is 1.69. The third-order valence-corrected chi connectivity index (χ3v) is 10.2. The van der Waals surface area contributed by atoms with Gasteiger partial charge in [0.25, 0.3) is 0 Å². The van der Waals surface area contributed by atoms with Crippen molar-refractivity contribution in [1.29, 1.82) is 0 Å². The maximum absolute atomic E-state index is 6.45. The minimum atomic E-state index is -1.62. The summed E-state index contributed by atoms with van der Waals surface area (Å²) in [6.07, 6.45) is 1.13. The summed E-state index contributed by atoms with van der Waals surface area (Å²) in [6, 6.07) is 0. The Balaban J connectivity index is 2.72. The lowest BCUT2D eigenvalue weighted by Crippen LogP contribution is -2.44. The van der Waals surface area contributed by atoms with Crippen LogP contribution in [0.15, 0.2) is 12.2 Å². The van der Waals surface area contributed by atoms with Crippen LogP contribution >= 0.6 is 0 Å². The minimum absolute atomic E-state index is 0.284. The second kappa shape index (κ2) is 4.79. The Labute approximate surface area is 115 Å². The van der Waals surface area contributed by atoms with E-state index < -0.39 is 8.32 Å². The normalized spacial score (nSPS) is 34.1. The Hall–Kier alpha value is -0.0831. The van der Waals surface area contributed by atoms with Crippen molar-refractivity contribution < 1.29 is 4.43 Å². The van der Waals surface area contributed by atoms with Crippen molar-refractivity contribution in [2.45, 2.75) is 66.1 Å². The Morgan fingerprint density at radius 2 is 1.83 bits per heavy atom. The van der Waals surface area contributed by atoms with E-state index in [4.69, 9.17) is 4.43 Å². The molecule has 0 amide bonds. The fraction of sp³-hybridized carbons (Fsp3) is 0.875. The fourth-order valence-electron chi connectivity index (χ4n) is 2.54. The average Bonchev–Trinajstić information content (AvgIpc) is 2.40. The fourth-order valence-corrected chi connectivity index (χ4v) is 3.67. The van der Waals surface area contributed by atoms with Crippen molar-refractivity contribution in [3.05, 3.63) is 12.2 Å². The first kappa shape index (κ1) is 16.0. The van der Waals surface area contributed by atoms with Crippen molar-refractivity contribution >= 4 is 8.32 Å². The van der Waals surface area contributed by atoms with Gasteiger partial charge in [-0.3, -0.25) is 0 Å². The highest BCUT2D eigenvalue weighted by molar-refractivity contribution is 6.74. The summed E-state index contributed by atoms with van der Waals surface area (Å²) in [5.74, 6) is 1.31. The standard InChI is InChI=1S/C16H32OSi/c1-12-10-16(7,14(3)13(12)2)11-17-18(8,9)15(4,5)6/h13-14H,1,10-11H2,2-9H3/t13?,14?,16-/m0/s1. The van der Waals surface area contributed by atoms with Crippen molar-refractivity contribution in [3.63, 3.8) is 0 Å². The lowest BCUT2D eigenvalue weighted by molar-refractivity contribution is 0.106. The monoisotopic (exact) mass is 268 g/mol. The smallest absolute Gasteiger partial charge is 0.192 e. The van der Waals surface area contributed by atoms with Gasteiger partial charge in [0.2, 0.25) is 0 Å². The zero-order valence-electron chi connectivity index (χ0n) is 13.7. The molecule has 0 aliphatic heterocycles. The second-order valence-corrected chi connectivity index (χ2v) is 12.9. The Kier molecular flexibility index (Phi) is 4.25. The minimum Gasteiger partial charge on any atom is -0.416 e.